The van der Waals surface area contributed by atoms with Crippen molar-refractivity contribution in [3.63, 3.8) is 0 Å². The van der Waals surface area contributed by atoms with Crippen molar-refractivity contribution in [1.82, 2.24) is 4.90 Å². The lowest BCUT2D eigenvalue weighted by Gasteiger charge is -2.22. The molecule has 0 spiro atoms. The van der Waals surface area contributed by atoms with Gasteiger partial charge in [0, 0.05) is 19.5 Å². The number of hydrogen-bond acceptors (Lipinski definition) is 2. The van der Waals surface area contributed by atoms with Crippen LogP contribution in [-0.4, -0.2) is 35.0 Å². The highest BCUT2D eigenvalue weighted by atomic mass is 16.4. The average Bonchev–Trinajstić information content (AvgIpc) is 2.83. The molecule has 1 N–H and O–H groups in total. The molecule has 2 rings (SSSR count). The fourth-order valence-corrected chi connectivity index (χ4v) is 2.99. The topological polar surface area (TPSA) is 57.6 Å². The molecule has 1 amide bonds. The van der Waals surface area contributed by atoms with Gasteiger partial charge in [0.25, 0.3) is 0 Å². The van der Waals surface area contributed by atoms with Crippen molar-refractivity contribution in [3.05, 3.63) is 35.4 Å². The molecule has 2 atom stereocenters. The number of likely N-dealkylation sites (tertiary alicyclic amines) is 1. The molecule has 1 aromatic rings. The Balaban J connectivity index is 2.00. The van der Waals surface area contributed by atoms with Gasteiger partial charge in [0.1, 0.15) is 0 Å². The second-order valence-corrected chi connectivity index (χ2v) is 6.39. The Morgan fingerprint density at radius 3 is 2.62 bits per heavy atom. The molecule has 4 nitrogen and oxygen atoms in total. The first kappa shape index (κ1) is 15.5. The third kappa shape index (κ3) is 3.26. The van der Waals surface area contributed by atoms with Crippen LogP contribution in [0.4, 0.5) is 0 Å². The Morgan fingerprint density at radius 2 is 2.05 bits per heavy atom. The van der Waals surface area contributed by atoms with E-state index in [1.54, 1.807) is 11.8 Å². The number of carbonyl (C=O) groups excluding carboxylic acids is 1. The zero-order valence-corrected chi connectivity index (χ0v) is 12.9. The Bertz CT molecular complexity index is 555. The predicted octanol–water partition coefficient (Wildman–Crippen LogP) is 2.81. The van der Waals surface area contributed by atoms with Crippen molar-refractivity contribution in [2.45, 2.75) is 39.5 Å². The summed E-state index contributed by atoms with van der Waals surface area (Å²) in [5.74, 6) is -0.615. The molecule has 1 aliphatic heterocycles. The van der Waals surface area contributed by atoms with Crippen LogP contribution >= 0.6 is 0 Å². The second kappa shape index (κ2) is 5.88. The maximum absolute atomic E-state index is 12.4. The number of nitrogens with zero attached hydrogens (tertiary/aromatic N) is 1. The van der Waals surface area contributed by atoms with Crippen molar-refractivity contribution in [2.75, 3.05) is 13.1 Å². The quantitative estimate of drug-likeness (QED) is 0.927. The van der Waals surface area contributed by atoms with E-state index in [0.29, 0.717) is 25.9 Å². The van der Waals surface area contributed by atoms with Crippen LogP contribution in [0.15, 0.2) is 24.3 Å². The van der Waals surface area contributed by atoms with E-state index in [0.717, 1.165) is 0 Å². The summed E-state index contributed by atoms with van der Waals surface area (Å²) >= 11 is 0. The van der Waals surface area contributed by atoms with E-state index in [9.17, 15) is 14.7 Å². The highest BCUT2D eigenvalue weighted by Gasteiger charge is 2.42. The molecule has 0 aliphatic carbocycles. The number of amides is 1. The summed E-state index contributed by atoms with van der Waals surface area (Å²) in [5, 5.41) is 9.23. The van der Waals surface area contributed by atoms with Crippen LogP contribution in [0.3, 0.4) is 0 Å². The molecule has 1 aromatic carbocycles. The molecular formula is C17H23NO3. The lowest BCUT2D eigenvalue weighted by atomic mass is 9.90. The Kier molecular flexibility index (Phi) is 4.35. The van der Waals surface area contributed by atoms with Crippen molar-refractivity contribution >= 4 is 11.9 Å². The number of carbonyl (C=O) groups is 2. The van der Waals surface area contributed by atoms with Crippen molar-refractivity contribution in [3.8, 4) is 0 Å². The molecule has 1 saturated heterocycles. The summed E-state index contributed by atoms with van der Waals surface area (Å²) in [6.45, 7) is 6.68. The lowest BCUT2D eigenvalue weighted by Crippen LogP contribution is -2.35. The van der Waals surface area contributed by atoms with Crippen LogP contribution in [0, 0.1) is 12.3 Å². The molecule has 0 saturated carbocycles. The van der Waals surface area contributed by atoms with Crippen LogP contribution in [0.5, 0.6) is 0 Å². The van der Waals surface area contributed by atoms with E-state index < -0.39 is 11.4 Å². The fourth-order valence-electron chi connectivity index (χ4n) is 2.99. The van der Waals surface area contributed by atoms with Gasteiger partial charge in [0.15, 0.2) is 0 Å². The van der Waals surface area contributed by atoms with Crippen molar-refractivity contribution in [2.24, 2.45) is 5.41 Å². The van der Waals surface area contributed by atoms with Crippen LogP contribution in [0.25, 0.3) is 0 Å². The Hall–Kier alpha value is -1.84. The van der Waals surface area contributed by atoms with E-state index in [1.165, 1.54) is 11.1 Å². The molecule has 0 radical (unpaired) electrons. The molecular weight excluding hydrogens is 266 g/mol. The number of carboxylic acids is 1. The minimum atomic E-state index is -0.815. The number of hydrogen-bond donors (Lipinski definition) is 1. The smallest absolute Gasteiger partial charge is 0.311 e. The molecule has 1 heterocycles. The minimum Gasteiger partial charge on any atom is -0.481 e. The third-order valence-electron chi connectivity index (χ3n) is 4.54. The molecule has 1 fully saturated rings. The summed E-state index contributed by atoms with van der Waals surface area (Å²) in [6, 6.07) is 8.08. The number of rotatable bonds is 4. The number of carboxylic acid groups (broad SMARTS) is 1. The maximum atomic E-state index is 12.4. The molecule has 21 heavy (non-hydrogen) atoms. The van der Waals surface area contributed by atoms with E-state index >= 15 is 0 Å². The van der Waals surface area contributed by atoms with Gasteiger partial charge in [0.2, 0.25) is 5.91 Å². The zero-order valence-electron chi connectivity index (χ0n) is 12.9. The van der Waals surface area contributed by atoms with Crippen molar-refractivity contribution < 1.29 is 14.7 Å². The fraction of sp³-hybridized carbons (Fsp3) is 0.529. The first-order valence-corrected chi connectivity index (χ1v) is 7.40. The summed E-state index contributed by atoms with van der Waals surface area (Å²) in [5.41, 5.74) is 1.59. The van der Waals surface area contributed by atoms with E-state index in [1.807, 2.05) is 32.0 Å². The molecule has 1 aliphatic rings. The summed E-state index contributed by atoms with van der Waals surface area (Å²) < 4.78 is 0. The molecule has 114 valence electrons. The van der Waals surface area contributed by atoms with Gasteiger partial charge in [-0.1, -0.05) is 31.2 Å². The van der Waals surface area contributed by atoms with Gasteiger partial charge in [-0.25, -0.2) is 0 Å². The van der Waals surface area contributed by atoms with Crippen LogP contribution < -0.4 is 0 Å². The van der Waals surface area contributed by atoms with Gasteiger partial charge < -0.3 is 10.0 Å². The number of benzene rings is 1. The average molecular weight is 289 g/mol. The molecule has 4 heteroatoms. The normalized spacial score (nSPS) is 23.1. The monoisotopic (exact) mass is 289 g/mol. The number of aryl methyl sites for hydroxylation is 1. The first-order chi connectivity index (χ1) is 9.83. The second-order valence-electron chi connectivity index (χ2n) is 6.39. The zero-order chi connectivity index (χ0) is 15.6. The summed E-state index contributed by atoms with van der Waals surface area (Å²) in [7, 11) is 0. The lowest BCUT2D eigenvalue weighted by molar-refractivity contribution is -0.147. The van der Waals surface area contributed by atoms with E-state index in [2.05, 4.69) is 6.07 Å². The Labute approximate surface area is 125 Å². The van der Waals surface area contributed by atoms with Gasteiger partial charge in [-0.05, 0) is 37.3 Å². The summed E-state index contributed by atoms with van der Waals surface area (Å²) in [6.07, 6.45) is 0.966. The standard InChI is InChI=1S/C17H23NO3/c1-12-6-4-5-7-14(12)13(2)10-15(19)18-9-8-17(3,11-18)16(20)21/h4-7,13H,8-11H2,1-3H3,(H,20,21)/t13-,17+/m0/s1. The molecule has 0 aromatic heterocycles. The van der Waals surface area contributed by atoms with E-state index in [4.69, 9.17) is 0 Å². The van der Waals surface area contributed by atoms with Gasteiger partial charge in [-0.3, -0.25) is 9.59 Å². The number of aliphatic carboxylic acids is 1. The van der Waals surface area contributed by atoms with Crippen molar-refractivity contribution in [1.29, 1.82) is 0 Å². The SMILES string of the molecule is Cc1ccccc1[C@@H](C)CC(=O)N1CC[C@@](C)(C(=O)O)C1. The van der Waals surface area contributed by atoms with Gasteiger partial charge in [0.05, 0.1) is 5.41 Å². The Morgan fingerprint density at radius 1 is 1.38 bits per heavy atom. The largest absolute Gasteiger partial charge is 0.481 e. The summed E-state index contributed by atoms with van der Waals surface area (Å²) in [4.78, 5) is 25.3. The van der Waals surface area contributed by atoms with Crippen LogP contribution in [0.2, 0.25) is 0 Å². The van der Waals surface area contributed by atoms with Crippen LogP contribution in [0.1, 0.15) is 43.7 Å². The minimum absolute atomic E-state index is 0.0516. The predicted molar refractivity (Wildman–Crippen MR) is 81.2 cm³/mol. The van der Waals surface area contributed by atoms with Crippen LogP contribution in [-0.2, 0) is 9.59 Å². The highest BCUT2D eigenvalue weighted by Crippen LogP contribution is 2.32. The third-order valence-corrected chi connectivity index (χ3v) is 4.54. The first-order valence-electron chi connectivity index (χ1n) is 7.40. The van der Waals surface area contributed by atoms with Gasteiger partial charge in [-0.15, -0.1) is 0 Å². The van der Waals surface area contributed by atoms with Gasteiger partial charge in [-0.2, -0.15) is 0 Å². The molecule has 0 unspecified atom stereocenters. The maximum Gasteiger partial charge on any atom is 0.311 e. The molecule has 0 bridgehead atoms. The van der Waals surface area contributed by atoms with Gasteiger partial charge >= 0.3 is 5.97 Å². The van der Waals surface area contributed by atoms with E-state index in [-0.39, 0.29) is 11.8 Å². The highest BCUT2D eigenvalue weighted by molar-refractivity contribution is 5.81.